The predicted molar refractivity (Wildman–Crippen MR) is 46.4 cm³/mol. The fraction of sp³-hybridized carbons (Fsp3) is 0.125. The molecule has 2 nitrogen and oxygen atoms in total. The smallest absolute Gasteiger partial charge is 0.134 e. The van der Waals surface area contributed by atoms with Crippen LogP contribution in [0.1, 0.15) is 11.6 Å². The quantitative estimate of drug-likeness (QED) is 0.541. The predicted octanol–water partition coefficient (Wildman–Crippen LogP) is 1.92. The monoisotopic (exact) mass is 168 g/mol. The molecule has 1 unspecified atom stereocenters. The minimum Gasteiger partial charge on any atom is -0.321 e. The second-order valence-corrected chi connectivity index (χ2v) is 2.50. The van der Waals surface area contributed by atoms with Crippen LogP contribution in [0.3, 0.4) is 0 Å². The van der Waals surface area contributed by atoms with Gasteiger partial charge in [-0.15, -0.1) is 6.58 Å². The van der Waals surface area contributed by atoms with Crippen molar-refractivity contribution in [3.8, 4) is 0 Å². The molecular formula is C8H9ClN2. The lowest BCUT2D eigenvalue weighted by Crippen LogP contribution is -2.07. The van der Waals surface area contributed by atoms with Crippen molar-refractivity contribution in [2.24, 2.45) is 5.73 Å². The van der Waals surface area contributed by atoms with E-state index in [0.29, 0.717) is 5.15 Å². The zero-order valence-corrected chi connectivity index (χ0v) is 6.75. The van der Waals surface area contributed by atoms with Crippen molar-refractivity contribution in [3.05, 3.63) is 41.7 Å². The normalized spacial score (nSPS) is 12.5. The first-order valence-corrected chi connectivity index (χ1v) is 3.62. The Balaban J connectivity index is 3.02. The van der Waals surface area contributed by atoms with Gasteiger partial charge in [-0.05, 0) is 6.07 Å². The zero-order chi connectivity index (χ0) is 8.27. The largest absolute Gasteiger partial charge is 0.321 e. The van der Waals surface area contributed by atoms with E-state index in [1.807, 2.05) is 6.07 Å². The minimum atomic E-state index is -0.226. The maximum Gasteiger partial charge on any atom is 0.134 e. The van der Waals surface area contributed by atoms with E-state index < -0.39 is 0 Å². The van der Waals surface area contributed by atoms with Gasteiger partial charge in [0.25, 0.3) is 0 Å². The summed E-state index contributed by atoms with van der Waals surface area (Å²) >= 11 is 5.76. The van der Waals surface area contributed by atoms with Crippen molar-refractivity contribution in [2.75, 3.05) is 0 Å². The van der Waals surface area contributed by atoms with Gasteiger partial charge in [-0.2, -0.15) is 0 Å². The molecule has 0 saturated heterocycles. The summed E-state index contributed by atoms with van der Waals surface area (Å²) < 4.78 is 0. The maximum atomic E-state index is 5.76. The van der Waals surface area contributed by atoms with Crippen LogP contribution < -0.4 is 5.73 Å². The molecule has 0 saturated carbocycles. The van der Waals surface area contributed by atoms with E-state index in [2.05, 4.69) is 11.6 Å². The molecule has 0 aliphatic heterocycles. The van der Waals surface area contributed by atoms with Crippen LogP contribution in [0.15, 0.2) is 31.0 Å². The van der Waals surface area contributed by atoms with Crippen LogP contribution in [-0.2, 0) is 0 Å². The van der Waals surface area contributed by atoms with Crippen LogP contribution in [0.4, 0.5) is 0 Å². The summed E-state index contributed by atoms with van der Waals surface area (Å²) in [6.45, 7) is 3.57. The first kappa shape index (κ1) is 8.24. The molecule has 1 rings (SSSR count). The van der Waals surface area contributed by atoms with E-state index >= 15 is 0 Å². The van der Waals surface area contributed by atoms with Gasteiger partial charge < -0.3 is 5.73 Å². The van der Waals surface area contributed by atoms with Crippen LogP contribution in [0.2, 0.25) is 5.15 Å². The highest BCUT2D eigenvalue weighted by atomic mass is 35.5. The second kappa shape index (κ2) is 3.51. The van der Waals surface area contributed by atoms with Crippen LogP contribution in [-0.4, -0.2) is 4.98 Å². The molecule has 58 valence electrons. The van der Waals surface area contributed by atoms with E-state index in [0.717, 1.165) is 5.56 Å². The van der Waals surface area contributed by atoms with Gasteiger partial charge in [0.05, 0.1) is 6.04 Å². The zero-order valence-electron chi connectivity index (χ0n) is 6.00. The number of nitrogens with two attached hydrogens (primary N) is 1. The van der Waals surface area contributed by atoms with E-state index in [1.54, 1.807) is 18.3 Å². The van der Waals surface area contributed by atoms with Crippen molar-refractivity contribution in [3.63, 3.8) is 0 Å². The molecular weight excluding hydrogens is 160 g/mol. The second-order valence-electron chi connectivity index (χ2n) is 2.14. The highest BCUT2D eigenvalue weighted by molar-refractivity contribution is 6.30. The molecule has 1 aromatic heterocycles. The van der Waals surface area contributed by atoms with Crippen molar-refractivity contribution in [1.82, 2.24) is 4.98 Å². The molecule has 1 heterocycles. The highest BCUT2D eigenvalue weighted by Gasteiger charge is 2.05. The Bertz CT molecular complexity index is 260. The maximum absolute atomic E-state index is 5.76. The molecule has 0 bridgehead atoms. The molecule has 0 fully saturated rings. The third-order valence-corrected chi connectivity index (χ3v) is 1.72. The van der Waals surface area contributed by atoms with Crippen LogP contribution >= 0.6 is 11.6 Å². The summed E-state index contributed by atoms with van der Waals surface area (Å²) in [5.41, 5.74) is 6.46. The number of hydrogen-bond donors (Lipinski definition) is 1. The van der Waals surface area contributed by atoms with Gasteiger partial charge in [-0.3, -0.25) is 0 Å². The van der Waals surface area contributed by atoms with E-state index in [-0.39, 0.29) is 6.04 Å². The number of halogens is 1. The number of pyridine rings is 1. The number of rotatable bonds is 2. The van der Waals surface area contributed by atoms with Crippen molar-refractivity contribution in [2.45, 2.75) is 6.04 Å². The van der Waals surface area contributed by atoms with Crippen LogP contribution in [0.25, 0.3) is 0 Å². The molecule has 0 aromatic carbocycles. The minimum absolute atomic E-state index is 0.226. The first-order valence-electron chi connectivity index (χ1n) is 3.24. The average molecular weight is 169 g/mol. The Hall–Kier alpha value is -0.860. The van der Waals surface area contributed by atoms with Crippen LogP contribution in [0.5, 0.6) is 0 Å². The van der Waals surface area contributed by atoms with E-state index in [4.69, 9.17) is 17.3 Å². The molecule has 1 aromatic rings. The van der Waals surface area contributed by atoms with Crippen LogP contribution in [0, 0.1) is 0 Å². The average Bonchev–Trinajstić information content (AvgIpc) is 2.04. The van der Waals surface area contributed by atoms with Crippen molar-refractivity contribution < 1.29 is 0 Å². The summed E-state index contributed by atoms with van der Waals surface area (Å²) in [7, 11) is 0. The van der Waals surface area contributed by atoms with Gasteiger partial charge in [-0.25, -0.2) is 4.98 Å². The third kappa shape index (κ3) is 1.79. The van der Waals surface area contributed by atoms with Gasteiger partial charge >= 0.3 is 0 Å². The topological polar surface area (TPSA) is 38.9 Å². The van der Waals surface area contributed by atoms with E-state index in [1.165, 1.54) is 0 Å². The number of hydrogen-bond acceptors (Lipinski definition) is 2. The molecule has 0 spiro atoms. The lowest BCUT2D eigenvalue weighted by atomic mass is 10.1. The Morgan fingerprint density at radius 2 is 2.45 bits per heavy atom. The Morgan fingerprint density at radius 1 is 1.73 bits per heavy atom. The van der Waals surface area contributed by atoms with Crippen molar-refractivity contribution in [1.29, 1.82) is 0 Å². The highest BCUT2D eigenvalue weighted by Crippen LogP contribution is 2.18. The fourth-order valence-electron chi connectivity index (χ4n) is 0.774. The molecule has 0 aliphatic carbocycles. The summed E-state index contributed by atoms with van der Waals surface area (Å²) in [4.78, 5) is 3.89. The molecule has 11 heavy (non-hydrogen) atoms. The van der Waals surface area contributed by atoms with Crippen molar-refractivity contribution >= 4 is 11.6 Å². The number of aromatic nitrogens is 1. The van der Waals surface area contributed by atoms with E-state index in [9.17, 15) is 0 Å². The Labute approximate surface area is 70.7 Å². The summed E-state index contributed by atoms with van der Waals surface area (Å²) in [6.07, 6.45) is 3.25. The summed E-state index contributed by atoms with van der Waals surface area (Å²) in [6, 6.07) is 3.41. The third-order valence-electron chi connectivity index (χ3n) is 1.40. The SMILES string of the molecule is C=CC(N)c1cccnc1Cl. The first-order chi connectivity index (χ1) is 5.25. The van der Waals surface area contributed by atoms with Gasteiger partial charge in [0, 0.05) is 11.8 Å². The lowest BCUT2D eigenvalue weighted by Gasteiger charge is -2.06. The Morgan fingerprint density at radius 3 is 3.00 bits per heavy atom. The number of nitrogens with zero attached hydrogens (tertiary/aromatic N) is 1. The summed E-state index contributed by atoms with van der Waals surface area (Å²) in [5, 5.41) is 0.444. The van der Waals surface area contributed by atoms with Gasteiger partial charge in [0.2, 0.25) is 0 Å². The fourth-order valence-corrected chi connectivity index (χ4v) is 1.02. The molecule has 0 aliphatic rings. The molecule has 0 radical (unpaired) electrons. The standard InChI is InChI=1S/C8H9ClN2/c1-2-7(10)6-4-3-5-11-8(6)9/h2-5,7H,1,10H2. The summed E-state index contributed by atoms with van der Waals surface area (Å²) in [5.74, 6) is 0. The molecule has 1 atom stereocenters. The van der Waals surface area contributed by atoms with Gasteiger partial charge in [-0.1, -0.05) is 23.7 Å². The Kier molecular flexibility index (Phi) is 2.63. The van der Waals surface area contributed by atoms with Gasteiger partial charge in [0.15, 0.2) is 0 Å². The molecule has 0 amide bonds. The molecule has 2 N–H and O–H groups in total. The lowest BCUT2D eigenvalue weighted by molar-refractivity contribution is 0.904. The molecule has 3 heteroatoms. The van der Waals surface area contributed by atoms with Gasteiger partial charge in [0.1, 0.15) is 5.15 Å².